The lowest BCUT2D eigenvalue weighted by Crippen LogP contribution is -2.30. The first-order valence-corrected chi connectivity index (χ1v) is 18.0. The maximum absolute atomic E-state index is 6.82. The summed E-state index contributed by atoms with van der Waals surface area (Å²) in [5, 5.41) is 3.54. The summed E-state index contributed by atoms with van der Waals surface area (Å²) in [5.41, 5.74) is 8.44. The SMILES string of the molecule is C1=CC2C(c3ccccc3N2c2ccccc2)c2c1oc1c(-c3nc(-c4ccccc4)nc(-c4ccc5sc6ccccc6c5c4)n3)cccc21. The standard InChI is InChI=1S/C45H28N4OS/c1-3-12-27(13-4-1)43-46-44(28-22-25-39-34(26-28)30-16-8-10-21-38(30)51-39)48-45(47-43)33-19-11-18-32-41-37(50-42(32)33)24-23-36-40(41)31-17-7-9-20-35(31)49(36)29-14-5-2-6-15-29/h1-26,36,40H. The van der Waals surface area contributed by atoms with Gasteiger partial charge in [0, 0.05) is 59.5 Å². The van der Waals surface area contributed by atoms with E-state index in [2.05, 4.69) is 132 Å². The molecule has 6 heteroatoms. The van der Waals surface area contributed by atoms with Gasteiger partial charge >= 0.3 is 0 Å². The van der Waals surface area contributed by atoms with E-state index in [1.807, 2.05) is 30.3 Å². The van der Waals surface area contributed by atoms with Crippen molar-refractivity contribution in [3.63, 3.8) is 0 Å². The van der Waals surface area contributed by atoms with Gasteiger partial charge in [0.05, 0.1) is 11.6 Å². The number of furan rings is 1. The highest BCUT2D eigenvalue weighted by Gasteiger charge is 2.43. The molecule has 2 unspecified atom stereocenters. The second-order valence-corrected chi connectivity index (χ2v) is 14.2. The van der Waals surface area contributed by atoms with E-state index in [0.29, 0.717) is 17.5 Å². The van der Waals surface area contributed by atoms with Gasteiger partial charge in [0.25, 0.3) is 0 Å². The van der Waals surface area contributed by atoms with E-state index in [4.69, 9.17) is 19.4 Å². The Labute approximate surface area is 297 Å². The van der Waals surface area contributed by atoms with Crippen LogP contribution >= 0.6 is 11.3 Å². The van der Waals surface area contributed by atoms with Crippen LogP contribution in [0.5, 0.6) is 0 Å². The fourth-order valence-electron chi connectivity index (χ4n) is 8.06. The third-order valence-corrected chi connectivity index (χ3v) is 11.4. The third-order valence-electron chi connectivity index (χ3n) is 10.3. The number of hydrogen-bond acceptors (Lipinski definition) is 6. The third kappa shape index (κ3) is 4.36. The molecule has 0 fully saturated rings. The fraction of sp³-hybridized carbons (Fsp3) is 0.0444. The van der Waals surface area contributed by atoms with Crippen LogP contribution in [0.2, 0.25) is 0 Å². The Bertz CT molecular complexity index is 2840. The maximum Gasteiger partial charge on any atom is 0.167 e. The molecule has 0 radical (unpaired) electrons. The lowest BCUT2D eigenvalue weighted by atomic mass is 9.82. The second kappa shape index (κ2) is 11.1. The van der Waals surface area contributed by atoms with Gasteiger partial charge in [-0.1, -0.05) is 103 Å². The van der Waals surface area contributed by atoms with Crippen LogP contribution in [0.15, 0.2) is 156 Å². The molecular weight excluding hydrogens is 645 g/mol. The zero-order valence-electron chi connectivity index (χ0n) is 27.3. The molecule has 2 atom stereocenters. The van der Waals surface area contributed by atoms with E-state index in [0.717, 1.165) is 33.4 Å². The van der Waals surface area contributed by atoms with Gasteiger partial charge in [-0.05, 0) is 60.2 Å². The van der Waals surface area contributed by atoms with Gasteiger partial charge in [-0.2, -0.15) is 0 Å². The predicted molar refractivity (Wildman–Crippen MR) is 208 cm³/mol. The minimum atomic E-state index is 0.110. The van der Waals surface area contributed by atoms with Crippen LogP contribution < -0.4 is 4.90 Å². The molecule has 0 saturated heterocycles. The fourth-order valence-corrected chi connectivity index (χ4v) is 9.14. The number of anilines is 2. The van der Waals surface area contributed by atoms with E-state index < -0.39 is 0 Å². The van der Waals surface area contributed by atoms with Crippen LogP contribution in [0, 0.1) is 0 Å². The van der Waals surface area contributed by atoms with Crippen molar-refractivity contribution < 1.29 is 4.42 Å². The van der Waals surface area contributed by atoms with Gasteiger partial charge < -0.3 is 9.32 Å². The molecule has 0 amide bonds. The molecule has 1 aliphatic carbocycles. The summed E-state index contributed by atoms with van der Waals surface area (Å²) < 4.78 is 9.34. The van der Waals surface area contributed by atoms with Gasteiger partial charge in [0.1, 0.15) is 11.3 Å². The van der Waals surface area contributed by atoms with E-state index >= 15 is 0 Å². The Morgan fingerprint density at radius 2 is 1.27 bits per heavy atom. The molecule has 240 valence electrons. The molecule has 0 bridgehead atoms. The number of fused-ring (bicyclic) bond motifs is 10. The van der Waals surface area contributed by atoms with Crippen molar-refractivity contribution in [3.8, 4) is 34.2 Å². The molecule has 3 aromatic heterocycles. The quantitative estimate of drug-likeness (QED) is 0.186. The van der Waals surface area contributed by atoms with Gasteiger partial charge in [-0.25, -0.2) is 15.0 Å². The highest BCUT2D eigenvalue weighted by Crippen LogP contribution is 2.54. The van der Waals surface area contributed by atoms with Crippen LogP contribution in [0.3, 0.4) is 0 Å². The van der Waals surface area contributed by atoms with Gasteiger partial charge in [-0.3, -0.25) is 0 Å². The van der Waals surface area contributed by atoms with Crippen molar-refractivity contribution in [1.82, 2.24) is 15.0 Å². The Balaban J connectivity index is 1.10. The summed E-state index contributed by atoms with van der Waals surface area (Å²) in [4.78, 5) is 17.8. The van der Waals surface area contributed by atoms with Crippen molar-refractivity contribution in [3.05, 3.63) is 169 Å². The van der Waals surface area contributed by atoms with Crippen LogP contribution in [0.25, 0.3) is 71.4 Å². The lowest BCUT2D eigenvalue weighted by molar-refractivity contribution is 0.584. The highest BCUT2D eigenvalue weighted by atomic mass is 32.1. The number of para-hydroxylation sites is 3. The normalized spacial score (nSPS) is 16.1. The summed E-state index contributed by atoms with van der Waals surface area (Å²) in [5.74, 6) is 2.84. The first kappa shape index (κ1) is 28.5. The zero-order chi connectivity index (χ0) is 33.5. The van der Waals surface area contributed by atoms with E-state index in [9.17, 15) is 0 Å². The minimum absolute atomic E-state index is 0.110. The van der Waals surface area contributed by atoms with Crippen molar-refractivity contribution in [2.45, 2.75) is 12.0 Å². The molecule has 5 nitrogen and oxygen atoms in total. The zero-order valence-corrected chi connectivity index (χ0v) is 28.1. The molecule has 4 heterocycles. The first-order valence-electron chi connectivity index (χ1n) is 17.2. The summed E-state index contributed by atoms with van der Waals surface area (Å²) >= 11 is 1.81. The van der Waals surface area contributed by atoms with E-state index in [-0.39, 0.29) is 12.0 Å². The number of hydrogen-bond donors (Lipinski definition) is 0. The largest absolute Gasteiger partial charge is 0.456 e. The number of rotatable bonds is 4. The van der Waals surface area contributed by atoms with Gasteiger partial charge in [-0.15, -0.1) is 11.3 Å². The molecule has 9 aromatic rings. The molecule has 51 heavy (non-hydrogen) atoms. The number of aromatic nitrogens is 3. The summed E-state index contributed by atoms with van der Waals surface area (Å²) in [6, 6.07) is 51.1. The average Bonchev–Trinajstić information content (AvgIpc) is 3.87. The second-order valence-electron chi connectivity index (χ2n) is 13.1. The van der Waals surface area contributed by atoms with Crippen LogP contribution in [-0.4, -0.2) is 21.0 Å². The van der Waals surface area contributed by atoms with Gasteiger partial charge in [0.15, 0.2) is 17.5 Å². The van der Waals surface area contributed by atoms with Crippen molar-refractivity contribution in [2.24, 2.45) is 0 Å². The Hall–Kier alpha value is -6.37. The molecule has 2 aliphatic rings. The monoisotopic (exact) mass is 672 g/mol. The molecule has 0 spiro atoms. The van der Waals surface area contributed by atoms with E-state index in [1.54, 1.807) is 11.3 Å². The maximum atomic E-state index is 6.82. The topological polar surface area (TPSA) is 55.1 Å². The molecule has 1 aliphatic heterocycles. The smallest absolute Gasteiger partial charge is 0.167 e. The van der Waals surface area contributed by atoms with E-state index in [1.165, 1.54) is 42.7 Å². The van der Waals surface area contributed by atoms with Crippen LogP contribution in [0.1, 0.15) is 22.8 Å². The molecule has 11 rings (SSSR count). The lowest BCUT2D eigenvalue weighted by Gasteiger charge is -2.30. The molecule has 0 N–H and O–H groups in total. The average molecular weight is 673 g/mol. The van der Waals surface area contributed by atoms with Crippen molar-refractivity contribution in [2.75, 3.05) is 4.90 Å². The predicted octanol–water partition coefficient (Wildman–Crippen LogP) is 11.7. The molecular formula is C45H28N4OS. The number of benzene rings is 6. The van der Waals surface area contributed by atoms with Crippen LogP contribution in [0.4, 0.5) is 11.4 Å². The number of nitrogens with zero attached hydrogens (tertiary/aromatic N) is 4. The van der Waals surface area contributed by atoms with Gasteiger partial charge in [0.2, 0.25) is 0 Å². The summed E-state index contributed by atoms with van der Waals surface area (Å²) in [6.45, 7) is 0. The Morgan fingerprint density at radius 1 is 0.569 bits per heavy atom. The number of thiophene rings is 1. The first-order chi connectivity index (χ1) is 25.3. The minimum Gasteiger partial charge on any atom is -0.456 e. The summed E-state index contributed by atoms with van der Waals surface area (Å²) in [6.07, 6.45) is 4.44. The molecule has 6 aromatic carbocycles. The highest BCUT2D eigenvalue weighted by molar-refractivity contribution is 7.25. The molecule has 0 saturated carbocycles. The van der Waals surface area contributed by atoms with Crippen molar-refractivity contribution in [1.29, 1.82) is 0 Å². The summed E-state index contributed by atoms with van der Waals surface area (Å²) in [7, 11) is 0. The van der Waals surface area contributed by atoms with Crippen molar-refractivity contribution >= 4 is 59.9 Å². The van der Waals surface area contributed by atoms with Crippen LogP contribution in [-0.2, 0) is 0 Å². The Kier molecular flexibility index (Phi) is 6.18. The Morgan fingerprint density at radius 3 is 2.16 bits per heavy atom.